The van der Waals surface area contributed by atoms with Crippen molar-refractivity contribution in [3.05, 3.63) is 18.2 Å². The molecule has 0 aliphatic heterocycles. The first kappa shape index (κ1) is 18.1. The molecular weight excluding hydrogens is 272 g/mol. The summed E-state index contributed by atoms with van der Waals surface area (Å²) in [6.07, 6.45) is 6.21. The third kappa shape index (κ3) is 7.04. The van der Waals surface area contributed by atoms with E-state index in [-0.39, 0.29) is 0 Å². The third-order valence-electron chi connectivity index (χ3n) is 3.25. The second-order valence-electron chi connectivity index (χ2n) is 4.84. The molecule has 1 aromatic rings. The number of ether oxygens (including phenoxy) is 4. The van der Waals surface area contributed by atoms with E-state index >= 15 is 0 Å². The number of methoxy groups -OCH3 is 3. The van der Waals surface area contributed by atoms with E-state index in [2.05, 4.69) is 21.5 Å². The van der Waals surface area contributed by atoms with Gasteiger partial charge < -0.3 is 18.9 Å². The Kier molecular flexibility index (Phi) is 10.1. The normalized spacial score (nSPS) is 11.2. The number of hydrogen-bond donors (Lipinski definition) is 0. The van der Waals surface area contributed by atoms with Gasteiger partial charge in [0.05, 0.1) is 26.3 Å². The number of rotatable bonds is 13. The summed E-state index contributed by atoms with van der Waals surface area (Å²) < 4.78 is 25.4. The largest absolute Gasteiger partial charge is 0.385 e. The Labute approximate surface area is 127 Å². The molecule has 0 bridgehead atoms. The van der Waals surface area contributed by atoms with Crippen LogP contribution in [-0.2, 0) is 38.6 Å². The molecular formula is C15H29N2O4+. The minimum absolute atomic E-state index is 0.594. The standard InChI is InChI=1S/C15H29N2O4/c1-18-10-4-6-16-8-9-17(7-5-11-19-2)15(16)14-21-13-12-20-3/h8-9H,4-7,10-14H2,1-3H3/q+1. The molecule has 0 amide bonds. The van der Waals surface area contributed by atoms with Crippen molar-refractivity contribution in [2.24, 2.45) is 0 Å². The number of aryl methyl sites for hydroxylation is 2. The first-order chi connectivity index (χ1) is 10.3. The van der Waals surface area contributed by atoms with Crippen LogP contribution in [0.4, 0.5) is 0 Å². The van der Waals surface area contributed by atoms with Gasteiger partial charge in [-0.3, -0.25) is 0 Å². The van der Waals surface area contributed by atoms with E-state index in [1.54, 1.807) is 21.3 Å². The van der Waals surface area contributed by atoms with Crippen molar-refractivity contribution in [3.63, 3.8) is 0 Å². The summed E-state index contributed by atoms with van der Waals surface area (Å²) in [5.74, 6) is 1.18. The Morgan fingerprint density at radius 1 is 0.952 bits per heavy atom. The number of imidazole rings is 1. The van der Waals surface area contributed by atoms with Gasteiger partial charge in [-0.05, 0) is 0 Å². The third-order valence-corrected chi connectivity index (χ3v) is 3.25. The molecule has 0 saturated heterocycles. The Balaban J connectivity index is 2.58. The van der Waals surface area contributed by atoms with Crippen LogP contribution in [-0.4, -0.2) is 52.3 Å². The highest BCUT2D eigenvalue weighted by Gasteiger charge is 2.16. The second kappa shape index (κ2) is 11.7. The lowest BCUT2D eigenvalue weighted by molar-refractivity contribution is -0.706. The molecule has 0 N–H and O–H groups in total. The van der Waals surface area contributed by atoms with Crippen LogP contribution in [0.15, 0.2) is 12.4 Å². The molecule has 1 rings (SSSR count). The molecule has 6 heteroatoms. The van der Waals surface area contributed by atoms with E-state index in [1.807, 2.05) is 0 Å². The van der Waals surface area contributed by atoms with Crippen LogP contribution >= 0.6 is 0 Å². The molecule has 122 valence electrons. The van der Waals surface area contributed by atoms with Gasteiger partial charge in [0.1, 0.15) is 19.0 Å². The van der Waals surface area contributed by atoms with E-state index in [4.69, 9.17) is 18.9 Å². The van der Waals surface area contributed by atoms with Gasteiger partial charge in [-0.25, -0.2) is 9.13 Å². The maximum absolute atomic E-state index is 5.68. The van der Waals surface area contributed by atoms with Crippen LogP contribution in [0.2, 0.25) is 0 Å². The zero-order chi connectivity index (χ0) is 15.3. The van der Waals surface area contributed by atoms with Gasteiger partial charge in [-0.15, -0.1) is 0 Å². The highest BCUT2D eigenvalue weighted by atomic mass is 16.5. The lowest BCUT2D eigenvalue weighted by Crippen LogP contribution is -2.38. The average Bonchev–Trinajstić information content (AvgIpc) is 2.87. The summed E-state index contributed by atoms with van der Waals surface area (Å²) in [6, 6.07) is 0. The van der Waals surface area contributed by atoms with Gasteiger partial charge in [0, 0.05) is 47.4 Å². The van der Waals surface area contributed by atoms with Gasteiger partial charge in [-0.2, -0.15) is 0 Å². The molecule has 0 spiro atoms. The summed E-state index contributed by atoms with van der Waals surface area (Å²) in [4.78, 5) is 0. The van der Waals surface area contributed by atoms with E-state index in [0.717, 1.165) is 39.1 Å². The molecule has 0 aliphatic carbocycles. The first-order valence-corrected chi connectivity index (χ1v) is 7.45. The van der Waals surface area contributed by atoms with Crippen molar-refractivity contribution in [2.45, 2.75) is 32.5 Å². The predicted octanol–water partition coefficient (Wildman–Crippen LogP) is 1.01. The Morgan fingerprint density at radius 3 is 2.38 bits per heavy atom. The lowest BCUT2D eigenvalue weighted by Gasteiger charge is -2.06. The Bertz CT molecular complexity index is 341. The van der Waals surface area contributed by atoms with Gasteiger partial charge in [-0.1, -0.05) is 0 Å². The maximum Gasteiger partial charge on any atom is 0.282 e. The van der Waals surface area contributed by atoms with E-state index in [0.29, 0.717) is 19.8 Å². The number of hydrogen-bond acceptors (Lipinski definition) is 4. The smallest absolute Gasteiger partial charge is 0.282 e. The number of aromatic nitrogens is 2. The van der Waals surface area contributed by atoms with Crippen LogP contribution in [0.3, 0.4) is 0 Å². The van der Waals surface area contributed by atoms with Crippen LogP contribution < -0.4 is 4.57 Å². The fourth-order valence-electron chi connectivity index (χ4n) is 2.14. The molecule has 0 aromatic carbocycles. The Morgan fingerprint density at radius 2 is 1.67 bits per heavy atom. The van der Waals surface area contributed by atoms with Crippen LogP contribution in [0.5, 0.6) is 0 Å². The molecule has 1 aromatic heterocycles. The van der Waals surface area contributed by atoms with Gasteiger partial charge in [0.15, 0.2) is 0 Å². The lowest BCUT2D eigenvalue weighted by atomic mass is 10.4. The van der Waals surface area contributed by atoms with Crippen molar-refractivity contribution in [2.75, 3.05) is 47.8 Å². The van der Waals surface area contributed by atoms with Crippen molar-refractivity contribution in [3.8, 4) is 0 Å². The second-order valence-corrected chi connectivity index (χ2v) is 4.84. The Hall–Kier alpha value is -0.950. The molecule has 0 saturated carbocycles. The molecule has 1 heterocycles. The van der Waals surface area contributed by atoms with Crippen molar-refractivity contribution < 1.29 is 23.5 Å². The van der Waals surface area contributed by atoms with Gasteiger partial charge in [0.25, 0.3) is 5.82 Å². The SMILES string of the molecule is COCCCn1cc[n+](CCCOC)c1COCCOC. The molecule has 0 aliphatic rings. The molecule has 0 unspecified atom stereocenters. The highest BCUT2D eigenvalue weighted by Crippen LogP contribution is 2.02. The highest BCUT2D eigenvalue weighted by molar-refractivity contribution is 4.82. The molecule has 0 fully saturated rings. The van der Waals surface area contributed by atoms with Crippen molar-refractivity contribution >= 4 is 0 Å². The van der Waals surface area contributed by atoms with E-state index in [1.165, 1.54) is 5.82 Å². The molecule has 0 atom stereocenters. The maximum atomic E-state index is 5.68. The van der Waals surface area contributed by atoms with Gasteiger partial charge in [0.2, 0.25) is 0 Å². The zero-order valence-electron chi connectivity index (χ0n) is 13.5. The van der Waals surface area contributed by atoms with E-state index < -0.39 is 0 Å². The summed E-state index contributed by atoms with van der Waals surface area (Å²) in [5, 5.41) is 0. The molecule has 21 heavy (non-hydrogen) atoms. The monoisotopic (exact) mass is 301 g/mol. The fourth-order valence-corrected chi connectivity index (χ4v) is 2.14. The van der Waals surface area contributed by atoms with Crippen molar-refractivity contribution in [1.29, 1.82) is 0 Å². The van der Waals surface area contributed by atoms with Crippen LogP contribution in [0.25, 0.3) is 0 Å². The number of nitrogens with zero attached hydrogens (tertiary/aromatic N) is 2. The average molecular weight is 301 g/mol. The first-order valence-electron chi connectivity index (χ1n) is 7.45. The summed E-state index contributed by atoms with van der Waals surface area (Å²) in [5.41, 5.74) is 0. The topological polar surface area (TPSA) is 45.7 Å². The van der Waals surface area contributed by atoms with Crippen LogP contribution in [0, 0.1) is 0 Å². The van der Waals surface area contributed by atoms with Crippen molar-refractivity contribution in [1.82, 2.24) is 4.57 Å². The minimum Gasteiger partial charge on any atom is -0.385 e. The minimum atomic E-state index is 0.594. The summed E-state index contributed by atoms with van der Waals surface area (Å²) >= 11 is 0. The molecule has 0 radical (unpaired) electrons. The van der Waals surface area contributed by atoms with Crippen LogP contribution in [0.1, 0.15) is 18.7 Å². The fraction of sp³-hybridized carbons (Fsp3) is 0.800. The quantitative estimate of drug-likeness (QED) is 0.403. The zero-order valence-corrected chi connectivity index (χ0v) is 13.5. The summed E-state index contributed by atoms with van der Waals surface area (Å²) in [7, 11) is 5.15. The predicted molar refractivity (Wildman–Crippen MR) is 79.1 cm³/mol. The summed E-state index contributed by atoms with van der Waals surface area (Å²) in [6.45, 7) is 5.24. The van der Waals surface area contributed by atoms with E-state index in [9.17, 15) is 0 Å². The van der Waals surface area contributed by atoms with Gasteiger partial charge >= 0.3 is 0 Å². The molecule has 6 nitrogen and oxygen atoms in total.